The summed E-state index contributed by atoms with van der Waals surface area (Å²) in [5.74, 6) is 1.13. The van der Waals surface area contributed by atoms with E-state index in [-0.39, 0.29) is 11.5 Å². The zero-order valence-corrected chi connectivity index (χ0v) is 18.8. The Hall–Kier alpha value is -2.12. The Kier molecular flexibility index (Phi) is 5.41. The van der Waals surface area contributed by atoms with Crippen molar-refractivity contribution in [1.29, 1.82) is 0 Å². The first-order chi connectivity index (χ1) is 14.7. The van der Waals surface area contributed by atoms with Crippen molar-refractivity contribution in [3.63, 3.8) is 0 Å². The van der Waals surface area contributed by atoms with Crippen molar-refractivity contribution in [2.24, 2.45) is 0 Å². The van der Waals surface area contributed by atoms with Crippen molar-refractivity contribution in [2.75, 3.05) is 20.2 Å². The van der Waals surface area contributed by atoms with Gasteiger partial charge in [0.2, 0.25) is 5.91 Å². The van der Waals surface area contributed by atoms with Gasteiger partial charge in [0.15, 0.2) is 0 Å². The van der Waals surface area contributed by atoms with Gasteiger partial charge in [0.1, 0.15) is 11.9 Å². The number of methoxy groups -OCH3 is 1. The second-order valence-corrected chi connectivity index (χ2v) is 10.1. The summed E-state index contributed by atoms with van der Waals surface area (Å²) in [6.07, 6.45) is 6.07. The molecule has 30 heavy (non-hydrogen) atoms. The number of piperidine rings is 1. The first kappa shape index (κ1) is 19.8. The number of likely N-dealkylation sites (tertiary alicyclic amines) is 1. The second kappa shape index (κ2) is 8.19. The van der Waals surface area contributed by atoms with Gasteiger partial charge in [-0.05, 0) is 36.4 Å². The molecule has 5 nitrogen and oxygen atoms in total. The lowest BCUT2D eigenvalue weighted by atomic mass is 9.82. The summed E-state index contributed by atoms with van der Waals surface area (Å²) < 4.78 is 12.6. The summed E-state index contributed by atoms with van der Waals surface area (Å²) in [6, 6.07) is 10.1. The number of rotatable bonds is 5. The van der Waals surface area contributed by atoms with Gasteiger partial charge in [-0.3, -0.25) is 4.79 Å². The zero-order chi connectivity index (χ0) is 20.6. The quantitative estimate of drug-likeness (QED) is 0.542. The van der Waals surface area contributed by atoms with Gasteiger partial charge in [0, 0.05) is 36.9 Å². The van der Waals surface area contributed by atoms with E-state index in [9.17, 15) is 4.79 Å². The topological polar surface area (TPSA) is 51.7 Å². The molecule has 5 rings (SSSR count). The molecule has 0 bridgehead atoms. The molecule has 3 heterocycles. The number of hydrogen-bond acceptors (Lipinski definition) is 6. The van der Waals surface area contributed by atoms with Gasteiger partial charge in [-0.15, -0.1) is 11.3 Å². The number of carbonyl (C=O) groups excluding carboxylic acids is 1. The normalized spacial score (nSPS) is 19.3. The maximum atomic E-state index is 13.5. The lowest BCUT2D eigenvalue weighted by Gasteiger charge is -2.38. The fourth-order valence-corrected chi connectivity index (χ4v) is 6.62. The van der Waals surface area contributed by atoms with Crippen LogP contribution in [0.1, 0.15) is 43.4 Å². The van der Waals surface area contributed by atoms with E-state index in [4.69, 9.17) is 9.47 Å². The van der Waals surface area contributed by atoms with Crippen molar-refractivity contribution in [3.05, 3.63) is 40.6 Å². The van der Waals surface area contributed by atoms with E-state index in [2.05, 4.69) is 27.4 Å². The fraction of sp³-hybridized carbons (Fsp3) is 0.478. The number of carbonyl (C=O) groups is 1. The van der Waals surface area contributed by atoms with Crippen LogP contribution in [-0.2, 0) is 10.2 Å². The summed E-state index contributed by atoms with van der Waals surface area (Å²) in [4.78, 5) is 21.5. The Bertz CT molecular complexity index is 1020. The summed E-state index contributed by atoms with van der Waals surface area (Å²) >= 11 is 3.30. The minimum absolute atomic E-state index is 0.109. The molecular weight excluding hydrogens is 416 g/mol. The van der Waals surface area contributed by atoms with Gasteiger partial charge in [-0.2, -0.15) is 0 Å². The largest absolute Gasteiger partial charge is 0.497 e. The van der Waals surface area contributed by atoms with Gasteiger partial charge in [-0.1, -0.05) is 30.2 Å². The molecule has 2 aromatic heterocycles. The van der Waals surface area contributed by atoms with Crippen molar-refractivity contribution in [2.45, 2.75) is 50.0 Å². The standard InChI is InChI=1S/C23H26N2O3S2/c1-27-17-6-7-19-18(15-17)24-22(30-19)28-16-8-12-25(13-9-16)21(26)23(10-2-3-11-23)20-5-4-14-29-20/h4-7,14-16H,2-3,8-13H2,1H3. The molecule has 1 amide bonds. The summed E-state index contributed by atoms with van der Waals surface area (Å²) in [6.45, 7) is 1.52. The van der Waals surface area contributed by atoms with Crippen molar-refractivity contribution >= 4 is 38.8 Å². The van der Waals surface area contributed by atoms with Gasteiger partial charge in [0.05, 0.1) is 22.7 Å². The molecule has 0 atom stereocenters. The molecule has 1 saturated carbocycles. The Morgan fingerprint density at radius 3 is 2.70 bits per heavy atom. The molecule has 1 aliphatic carbocycles. The average molecular weight is 443 g/mol. The maximum absolute atomic E-state index is 13.5. The summed E-state index contributed by atoms with van der Waals surface area (Å²) in [5, 5.41) is 2.80. The van der Waals surface area contributed by atoms with E-state index in [1.807, 2.05) is 18.2 Å². The molecule has 2 aliphatic rings. The first-order valence-corrected chi connectivity index (χ1v) is 12.3. The highest BCUT2D eigenvalue weighted by Crippen LogP contribution is 2.45. The lowest BCUT2D eigenvalue weighted by Crippen LogP contribution is -2.49. The van der Waals surface area contributed by atoms with Crippen molar-refractivity contribution in [3.8, 4) is 10.9 Å². The average Bonchev–Trinajstić information content (AvgIpc) is 3.53. The van der Waals surface area contributed by atoms with E-state index < -0.39 is 0 Å². The maximum Gasteiger partial charge on any atom is 0.274 e. The first-order valence-electron chi connectivity index (χ1n) is 10.6. The molecule has 0 spiro atoms. The molecule has 3 aromatic rings. The Morgan fingerprint density at radius 2 is 2.00 bits per heavy atom. The van der Waals surface area contributed by atoms with Crippen LogP contribution in [0.15, 0.2) is 35.7 Å². The monoisotopic (exact) mass is 442 g/mol. The summed E-state index contributed by atoms with van der Waals surface area (Å²) in [7, 11) is 1.66. The Labute approximate surface area is 184 Å². The molecule has 1 aromatic carbocycles. The van der Waals surface area contributed by atoms with Crippen LogP contribution in [-0.4, -0.2) is 42.1 Å². The van der Waals surface area contributed by atoms with Crippen LogP contribution in [0.5, 0.6) is 10.9 Å². The van der Waals surface area contributed by atoms with Crippen molar-refractivity contribution < 1.29 is 14.3 Å². The van der Waals surface area contributed by atoms with Crippen LogP contribution in [0, 0.1) is 0 Å². The minimum Gasteiger partial charge on any atom is -0.497 e. The molecule has 1 aliphatic heterocycles. The van der Waals surface area contributed by atoms with Crippen LogP contribution < -0.4 is 9.47 Å². The number of hydrogen-bond donors (Lipinski definition) is 0. The molecular formula is C23H26N2O3S2. The number of aromatic nitrogens is 1. The van der Waals surface area contributed by atoms with E-state index in [0.717, 1.165) is 67.6 Å². The number of nitrogens with zero attached hydrogens (tertiary/aromatic N) is 2. The highest BCUT2D eigenvalue weighted by molar-refractivity contribution is 7.20. The smallest absolute Gasteiger partial charge is 0.274 e. The third-order valence-electron chi connectivity index (χ3n) is 6.43. The van der Waals surface area contributed by atoms with Gasteiger partial charge >= 0.3 is 0 Å². The number of ether oxygens (including phenoxy) is 2. The fourth-order valence-electron chi connectivity index (χ4n) is 4.78. The highest BCUT2D eigenvalue weighted by atomic mass is 32.1. The Morgan fingerprint density at radius 1 is 1.20 bits per heavy atom. The highest BCUT2D eigenvalue weighted by Gasteiger charge is 2.46. The third kappa shape index (κ3) is 3.58. The lowest BCUT2D eigenvalue weighted by molar-refractivity contribution is -0.139. The Balaban J connectivity index is 1.23. The molecule has 0 radical (unpaired) electrons. The van der Waals surface area contributed by atoms with E-state index in [1.165, 1.54) is 4.88 Å². The van der Waals surface area contributed by atoms with Crippen LogP contribution >= 0.6 is 22.7 Å². The molecule has 1 saturated heterocycles. The zero-order valence-electron chi connectivity index (χ0n) is 17.1. The SMILES string of the molecule is COc1ccc2sc(OC3CCN(C(=O)C4(c5cccs5)CCCC4)CC3)nc2c1. The molecule has 7 heteroatoms. The van der Waals surface area contributed by atoms with Gasteiger partial charge in [-0.25, -0.2) is 4.98 Å². The van der Waals surface area contributed by atoms with Gasteiger partial charge in [0.25, 0.3) is 5.19 Å². The van der Waals surface area contributed by atoms with Crippen LogP contribution in [0.3, 0.4) is 0 Å². The molecule has 0 unspecified atom stereocenters. The predicted octanol–water partition coefficient (Wildman–Crippen LogP) is 5.25. The summed E-state index contributed by atoms with van der Waals surface area (Å²) in [5.41, 5.74) is 0.620. The van der Waals surface area contributed by atoms with E-state index >= 15 is 0 Å². The van der Waals surface area contributed by atoms with E-state index in [0.29, 0.717) is 11.1 Å². The second-order valence-electron chi connectivity index (χ2n) is 8.19. The van der Waals surface area contributed by atoms with Crippen LogP contribution in [0.4, 0.5) is 0 Å². The van der Waals surface area contributed by atoms with Crippen molar-refractivity contribution in [1.82, 2.24) is 9.88 Å². The third-order valence-corrected chi connectivity index (χ3v) is 8.43. The van der Waals surface area contributed by atoms with E-state index in [1.54, 1.807) is 29.8 Å². The van der Waals surface area contributed by atoms with Gasteiger partial charge < -0.3 is 14.4 Å². The minimum atomic E-state index is -0.284. The molecule has 2 fully saturated rings. The number of thiophene rings is 1. The molecule has 158 valence electrons. The van der Waals surface area contributed by atoms with Crippen LogP contribution in [0.25, 0.3) is 10.2 Å². The number of benzene rings is 1. The number of amides is 1. The number of thiazole rings is 1. The van der Waals surface area contributed by atoms with Crippen LogP contribution in [0.2, 0.25) is 0 Å². The predicted molar refractivity (Wildman–Crippen MR) is 121 cm³/mol. The number of fused-ring (bicyclic) bond motifs is 1. The molecule has 0 N–H and O–H groups in total.